The highest BCUT2D eigenvalue weighted by Gasteiger charge is 2.47. The second-order valence-electron chi connectivity index (χ2n) is 9.81. The van der Waals surface area contributed by atoms with Crippen molar-refractivity contribution in [2.24, 2.45) is 0 Å². The van der Waals surface area contributed by atoms with Gasteiger partial charge in [-0.25, -0.2) is 0 Å². The summed E-state index contributed by atoms with van der Waals surface area (Å²) in [5, 5.41) is 11.4. The van der Waals surface area contributed by atoms with Crippen LogP contribution in [-0.4, -0.2) is 30.7 Å². The van der Waals surface area contributed by atoms with E-state index in [-0.39, 0.29) is 23.5 Å². The van der Waals surface area contributed by atoms with E-state index in [4.69, 9.17) is 14.2 Å². The summed E-state index contributed by atoms with van der Waals surface area (Å²) < 4.78 is 16.1. The van der Waals surface area contributed by atoms with Gasteiger partial charge in [-0.2, -0.15) is 0 Å². The number of hydrogen-bond acceptors (Lipinski definition) is 6. The largest absolute Gasteiger partial charge is 0.507 e. The fraction of sp³-hybridized carbons (Fsp3) is 0.241. The number of hydrogen-bond donors (Lipinski definition) is 1. The molecule has 0 saturated carbocycles. The van der Waals surface area contributed by atoms with Gasteiger partial charge in [0.05, 0.1) is 18.7 Å². The summed E-state index contributed by atoms with van der Waals surface area (Å²) in [5.41, 5.74) is 2.60. The number of nitrogens with zero attached hydrogens (tertiary/aromatic N) is 1. The first-order valence-corrected chi connectivity index (χ1v) is 11.6. The van der Waals surface area contributed by atoms with E-state index in [0.29, 0.717) is 34.1 Å². The van der Waals surface area contributed by atoms with E-state index < -0.39 is 17.7 Å². The summed E-state index contributed by atoms with van der Waals surface area (Å²) in [4.78, 5) is 28.2. The molecule has 3 aromatic carbocycles. The molecule has 0 bridgehead atoms. The van der Waals surface area contributed by atoms with Crippen LogP contribution in [0.1, 0.15) is 43.5 Å². The minimum Gasteiger partial charge on any atom is -0.507 e. The van der Waals surface area contributed by atoms with Gasteiger partial charge in [-0.3, -0.25) is 14.5 Å². The molecule has 1 fully saturated rings. The summed E-state index contributed by atoms with van der Waals surface area (Å²) in [6.07, 6.45) is 0. The van der Waals surface area contributed by atoms with Crippen LogP contribution in [0.15, 0.2) is 72.3 Å². The summed E-state index contributed by atoms with van der Waals surface area (Å²) in [5.74, 6) is -0.202. The van der Waals surface area contributed by atoms with Gasteiger partial charge in [0.25, 0.3) is 11.7 Å². The third-order valence-electron chi connectivity index (χ3n) is 6.51. The number of ether oxygens (including phenoxy) is 3. The maximum atomic E-state index is 13.4. The van der Waals surface area contributed by atoms with Gasteiger partial charge < -0.3 is 19.3 Å². The van der Waals surface area contributed by atoms with Crippen molar-refractivity contribution in [3.8, 4) is 17.2 Å². The average Bonchev–Trinajstić information content (AvgIpc) is 3.45. The monoisotopic (exact) mass is 485 g/mol. The van der Waals surface area contributed by atoms with E-state index in [1.54, 1.807) is 42.5 Å². The lowest BCUT2D eigenvalue weighted by Crippen LogP contribution is -2.29. The van der Waals surface area contributed by atoms with Crippen molar-refractivity contribution in [2.45, 2.75) is 32.2 Å². The fourth-order valence-electron chi connectivity index (χ4n) is 4.54. The first-order valence-electron chi connectivity index (χ1n) is 11.6. The molecule has 2 aliphatic rings. The number of amides is 1. The summed E-state index contributed by atoms with van der Waals surface area (Å²) in [7, 11) is 1.54. The number of carbonyl (C=O) groups is 2. The van der Waals surface area contributed by atoms with Crippen molar-refractivity contribution < 1.29 is 28.9 Å². The van der Waals surface area contributed by atoms with Crippen molar-refractivity contribution in [1.82, 2.24) is 0 Å². The SMILES string of the molecule is COc1cccc(N2C(=O)C(=O)/C(=C(\O)c3ccc4c(c3)OCO4)C2c2ccc(C(C)(C)C)cc2)c1. The van der Waals surface area contributed by atoms with Crippen LogP contribution in [0.3, 0.4) is 0 Å². The number of rotatable bonds is 4. The maximum Gasteiger partial charge on any atom is 0.300 e. The molecule has 1 N–H and O–H groups in total. The van der Waals surface area contributed by atoms with Gasteiger partial charge in [0, 0.05) is 17.3 Å². The van der Waals surface area contributed by atoms with Crippen molar-refractivity contribution in [1.29, 1.82) is 0 Å². The molecule has 0 aliphatic carbocycles. The molecule has 7 nitrogen and oxygen atoms in total. The molecule has 0 aromatic heterocycles. The van der Waals surface area contributed by atoms with Crippen LogP contribution in [0.2, 0.25) is 0 Å². The number of anilines is 1. The molecule has 0 spiro atoms. The number of aliphatic hydroxyl groups excluding tert-OH is 1. The highest BCUT2D eigenvalue weighted by molar-refractivity contribution is 6.51. The average molecular weight is 486 g/mol. The van der Waals surface area contributed by atoms with Gasteiger partial charge in [-0.05, 0) is 46.9 Å². The van der Waals surface area contributed by atoms with E-state index in [2.05, 4.69) is 20.8 Å². The molecule has 0 radical (unpaired) electrons. The Morgan fingerprint density at radius 2 is 1.69 bits per heavy atom. The summed E-state index contributed by atoms with van der Waals surface area (Å²) in [6.45, 7) is 6.43. The Morgan fingerprint density at radius 3 is 2.39 bits per heavy atom. The van der Waals surface area contributed by atoms with Crippen molar-refractivity contribution >= 4 is 23.1 Å². The molecule has 5 rings (SSSR count). The lowest BCUT2D eigenvalue weighted by molar-refractivity contribution is -0.132. The van der Waals surface area contributed by atoms with E-state index in [0.717, 1.165) is 5.56 Å². The van der Waals surface area contributed by atoms with E-state index in [9.17, 15) is 14.7 Å². The lowest BCUT2D eigenvalue weighted by Gasteiger charge is -2.27. The topological polar surface area (TPSA) is 85.3 Å². The first-order chi connectivity index (χ1) is 17.2. The highest BCUT2D eigenvalue weighted by Crippen LogP contribution is 2.44. The maximum absolute atomic E-state index is 13.4. The van der Waals surface area contributed by atoms with Gasteiger partial charge in [-0.1, -0.05) is 51.1 Å². The number of aliphatic hydroxyl groups is 1. The number of carbonyl (C=O) groups excluding carboxylic acids is 2. The quantitative estimate of drug-likeness (QED) is 0.305. The third-order valence-corrected chi connectivity index (χ3v) is 6.51. The summed E-state index contributed by atoms with van der Waals surface area (Å²) in [6, 6.07) is 18.8. The Bertz CT molecular complexity index is 1380. The summed E-state index contributed by atoms with van der Waals surface area (Å²) >= 11 is 0. The van der Waals surface area contributed by atoms with Crippen LogP contribution < -0.4 is 19.1 Å². The Balaban J connectivity index is 1.69. The molecule has 1 unspecified atom stereocenters. The number of fused-ring (bicyclic) bond motifs is 1. The number of methoxy groups -OCH3 is 1. The van der Waals surface area contributed by atoms with Crippen LogP contribution in [0, 0.1) is 0 Å². The Morgan fingerprint density at radius 1 is 0.972 bits per heavy atom. The molecular weight excluding hydrogens is 458 g/mol. The number of benzene rings is 3. The Hall–Kier alpha value is -4.26. The van der Waals surface area contributed by atoms with Gasteiger partial charge in [0.15, 0.2) is 11.5 Å². The molecule has 2 aliphatic heterocycles. The van der Waals surface area contributed by atoms with Crippen LogP contribution >= 0.6 is 0 Å². The van der Waals surface area contributed by atoms with Gasteiger partial charge >= 0.3 is 0 Å². The Kier molecular flexibility index (Phi) is 5.71. The predicted octanol–water partition coefficient (Wildman–Crippen LogP) is 5.35. The van der Waals surface area contributed by atoms with Gasteiger partial charge in [0.1, 0.15) is 11.5 Å². The van der Waals surface area contributed by atoms with E-state index in [1.165, 1.54) is 12.0 Å². The van der Waals surface area contributed by atoms with Crippen LogP contribution in [0.5, 0.6) is 17.2 Å². The molecule has 7 heteroatoms. The fourth-order valence-corrected chi connectivity index (χ4v) is 4.54. The van der Waals surface area contributed by atoms with Crippen molar-refractivity contribution in [3.05, 3.63) is 89.0 Å². The molecule has 36 heavy (non-hydrogen) atoms. The van der Waals surface area contributed by atoms with Crippen molar-refractivity contribution in [2.75, 3.05) is 18.8 Å². The van der Waals surface area contributed by atoms with Gasteiger partial charge in [0.2, 0.25) is 6.79 Å². The second kappa shape index (κ2) is 8.75. The molecular formula is C29H27NO6. The minimum atomic E-state index is -0.837. The molecule has 2 heterocycles. The van der Waals surface area contributed by atoms with Crippen molar-refractivity contribution in [3.63, 3.8) is 0 Å². The minimum absolute atomic E-state index is 0.00481. The van der Waals surface area contributed by atoms with Crippen LogP contribution in [0.25, 0.3) is 5.76 Å². The lowest BCUT2D eigenvalue weighted by atomic mass is 9.85. The zero-order chi connectivity index (χ0) is 25.6. The standard InChI is InChI=1S/C29H27NO6/c1-29(2,3)19-11-8-17(9-12-19)25-24(26(31)18-10-13-22-23(14-18)36-16-35-22)27(32)28(33)30(25)20-6-5-7-21(15-20)34-4/h5-15,25,31H,16H2,1-4H3/b26-24-. The van der Waals surface area contributed by atoms with E-state index >= 15 is 0 Å². The Labute approximate surface area is 209 Å². The zero-order valence-corrected chi connectivity index (χ0v) is 20.6. The normalized spacial score (nSPS) is 18.6. The molecule has 1 amide bonds. The van der Waals surface area contributed by atoms with Gasteiger partial charge in [-0.15, -0.1) is 0 Å². The second-order valence-corrected chi connectivity index (χ2v) is 9.81. The zero-order valence-electron chi connectivity index (χ0n) is 20.6. The molecule has 1 saturated heterocycles. The molecule has 1 atom stereocenters. The third kappa shape index (κ3) is 3.96. The molecule has 3 aromatic rings. The van der Waals surface area contributed by atoms with E-state index in [1.807, 2.05) is 24.3 Å². The highest BCUT2D eigenvalue weighted by atomic mass is 16.7. The number of Topliss-reactive ketones (excluding diaryl/α,β-unsaturated/α-hetero) is 1. The molecule has 184 valence electrons. The van der Waals surface area contributed by atoms with Crippen LogP contribution in [0.4, 0.5) is 5.69 Å². The van der Waals surface area contributed by atoms with Crippen LogP contribution in [-0.2, 0) is 15.0 Å². The predicted molar refractivity (Wildman–Crippen MR) is 135 cm³/mol. The smallest absolute Gasteiger partial charge is 0.300 e. The first kappa shape index (κ1) is 23.5. The number of ketones is 1.